The van der Waals surface area contributed by atoms with Gasteiger partial charge in [0.05, 0.1) is 0 Å². The van der Waals surface area contributed by atoms with Crippen molar-refractivity contribution in [1.82, 2.24) is 0 Å². The van der Waals surface area contributed by atoms with Crippen LogP contribution in [-0.2, 0) is 119 Å². The van der Waals surface area contributed by atoms with Gasteiger partial charge >= 0.3 is 96.8 Å². The molecule has 0 spiro atoms. The van der Waals surface area contributed by atoms with Crippen molar-refractivity contribution in [1.29, 1.82) is 0 Å². The third-order valence-electron chi connectivity index (χ3n) is 0.745. The minimum atomic E-state index is -5.57. The molecule has 0 N–H and O–H groups in total. The molecule has 0 fully saturated rings. The Balaban J connectivity index is -0.0000000581. The largest absolute Gasteiger partial charge is 4.00 e. The van der Waals surface area contributed by atoms with Crippen LogP contribution in [0.15, 0.2) is 0 Å². The van der Waals surface area contributed by atoms with Crippen LogP contribution in [0.25, 0.3) is 0 Å². The summed E-state index contributed by atoms with van der Waals surface area (Å²) in [6, 6.07) is 0. The molecule has 192 valence electrons. The Morgan fingerprint density at radius 1 is 0.314 bits per heavy atom. The summed E-state index contributed by atoms with van der Waals surface area (Å²) in [5, 5.41) is 0. The van der Waals surface area contributed by atoms with Gasteiger partial charge in [-0.2, -0.15) is 0 Å². The molecule has 24 nitrogen and oxygen atoms in total. The second-order valence-electron chi connectivity index (χ2n) is 3.26. The quantitative estimate of drug-likeness (QED) is 0.163. The molecule has 0 aromatic carbocycles. The molecule has 0 aromatic heterocycles. The van der Waals surface area contributed by atoms with E-state index in [4.69, 9.17) is 0 Å². The van der Waals surface area contributed by atoms with Crippen LogP contribution in [0, 0.1) is 0 Å². The van der Waals surface area contributed by atoms with E-state index >= 15 is 0 Å². The van der Waals surface area contributed by atoms with Gasteiger partial charge in [0.1, 0.15) is 0 Å². The molecule has 0 unspecified atom stereocenters. The molecule has 0 atom stereocenters. The fraction of sp³-hybridized carbons (Fsp3) is 0. The second kappa shape index (κ2) is 25.0. The summed E-state index contributed by atoms with van der Waals surface area (Å²) in [5.41, 5.74) is 0. The van der Waals surface area contributed by atoms with Gasteiger partial charge in [0.15, 0.2) is 0 Å². The van der Waals surface area contributed by atoms with E-state index in [0.717, 1.165) is 0 Å². The van der Waals surface area contributed by atoms with Gasteiger partial charge in [0.25, 0.3) is 0 Å². The van der Waals surface area contributed by atoms with Gasteiger partial charge in [-0.3, -0.25) is 0 Å². The van der Waals surface area contributed by atoms with Gasteiger partial charge in [-0.05, 0) is 0 Å². The van der Waals surface area contributed by atoms with Crippen LogP contribution >= 0.6 is 31.6 Å². The van der Waals surface area contributed by atoms with Crippen LogP contribution in [0.1, 0.15) is 0 Å². The third-order valence-corrected chi connectivity index (χ3v) is 6.71. The Hall–Kier alpha value is 1.97. The molecule has 35 heavy (non-hydrogen) atoms. The summed E-state index contributed by atoms with van der Waals surface area (Å²) in [6.45, 7) is 0. The minimum absolute atomic E-state index is 0. The average molecular weight is 764 g/mol. The second-order valence-corrected chi connectivity index (χ2v) is 12.0. The number of hydrogen-bond acceptors (Lipinski definition) is 24. The summed E-state index contributed by atoms with van der Waals surface area (Å²) in [7, 11) is -36.5. The minimum Gasteiger partial charge on any atom is -0.860 e. The maximum Gasteiger partial charge on any atom is 4.00 e. The molecule has 0 bridgehead atoms. The van der Waals surface area contributed by atoms with E-state index in [1.54, 1.807) is 0 Å². The average Bonchev–Trinajstić information content (AvgIpc) is 2.26. The number of rotatable bonds is 8. The molecule has 0 rings (SSSR count). The van der Waals surface area contributed by atoms with Crippen LogP contribution in [0.2, 0.25) is 0 Å². The van der Waals surface area contributed by atoms with Gasteiger partial charge in [-0.15, -0.1) is 0 Å². The molecule has 0 amide bonds. The standard InChI is InChI=1S/4O6PSi.3Ti/c4*1-7(2)6-8(3,4)5;;;/q4*-3;3*+4. The van der Waals surface area contributed by atoms with E-state index in [1.165, 1.54) is 0 Å². The summed E-state index contributed by atoms with van der Waals surface area (Å²) in [4.78, 5) is 112. The molecule has 0 aliphatic heterocycles. The Kier molecular flexibility index (Phi) is 38.0. The van der Waals surface area contributed by atoms with E-state index in [0.29, 0.717) is 0 Å². The van der Waals surface area contributed by atoms with Crippen molar-refractivity contribution in [3.63, 3.8) is 0 Å². The van der Waals surface area contributed by atoms with Gasteiger partial charge < -0.3 is 74.4 Å². The first-order valence-corrected chi connectivity index (χ1v) is 16.4. The molecule has 0 radical (unpaired) electrons. The van der Waals surface area contributed by atoms with Crippen LogP contribution in [0.4, 0.5) is 0 Å². The fourth-order valence-electron chi connectivity index (χ4n) is 0.365. The summed E-state index contributed by atoms with van der Waals surface area (Å²) < 4.78 is 85.6. The zero-order valence-corrected chi connectivity index (χ0v) is 27.3. The van der Waals surface area contributed by atoms with Crippen molar-refractivity contribution >= 4 is 67.8 Å². The maximum atomic E-state index is 9.34. The maximum absolute atomic E-state index is 9.34. The van der Waals surface area contributed by atoms with E-state index < -0.39 is 67.8 Å². The summed E-state index contributed by atoms with van der Waals surface area (Å²) in [5.74, 6) is 0. The monoisotopic (exact) mass is 764 g/mol. The fourth-order valence-corrected chi connectivity index (χ4v) is 3.29. The Labute approximate surface area is 242 Å². The molecule has 0 aliphatic rings. The Morgan fingerprint density at radius 2 is 0.400 bits per heavy atom. The van der Waals surface area contributed by atoms with E-state index in [9.17, 15) is 94.1 Å². The molecular weight excluding hydrogens is 764 g/mol. The predicted octanol–water partition coefficient (Wildman–Crippen LogP) is -13.6. The molecule has 0 aromatic rings. The van der Waals surface area contributed by atoms with Crippen LogP contribution in [-0.4, -0.2) is 36.2 Å². The first-order chi connectivity index (χ1) is 13.7. The first kappa shape index (κ1) is 53.3. The molecule has 0 aliphatic carbocycles. The molecule has 0 heterocycles. The Morgan fingerprint density at radius 3 is 0.400 bits per heavy atom. The van der Waals surface area contributed by atoms with E-state index in [2.05, 4.69) is 16.9 Å². The van der Waals surface area contributed by atoms with E-state index in [1.807, 2.05) is 0 Å². The number of hydrogen-bond donors (Lipinski definition) is 0. The van der Waals surface area contributed by atoms with Crippen LogP contribution in [0.3, 0.4) is 0 Å². The van der Waals surface area contributed by atoms with Crippen molar-refractivity contribution in [2.75, 3.05) is 0 Å². The third kappa shape index (κ3) is 86.0. The zero-order chi connectivity index (χ0) is 27.1. The van der Waals surface area contributed by atoms with Crippen molar-refractivity contribution in [3.8, 4) is 0 Å². The Bertz CT molecular complexity index is 631. The smallest absolute Gasteiger partial charge is 0.860 e. The predicted molar refractivity (Wildman–Crippen MR) is 60.5 cm³/mol. The zero-order valence-electron chi connectivity index (χ0n) is 15.1. The summed E-state index contributed by atoms with van der Waals surface area (Å²) in [6.07, 6.45) is 0. The van der Waals surface area contributed by atoms with Gasteiger partial charge in [-0.25, -0.2) is 36.5 Å². The van der Waals surface area contributed by atoms with Crippen molar-refractivity contribution in [2.24, 2.45) is 0 Å². The SMILES string of the molecule is O=P(=O)O[Si]([O-])([O-])[O-].O=P(=O)O[Si]([O-])([O-])[O-].O=P(=O)O[Si]([O-])([O-])[O-].O=P(=O)O[Si]([O-])([O-])[O-].[Ti+4].[Ti+4].[Ti+4]. The van der Waals surface area contributed by atoms with Crippen molar-refractivity contribution in [3.05, 3.63) is 0 Å². The van der Waals surface area contributed by atoms with Gasteiger partial charge in [-0.1, -0.05) is 36.2 Å². The van der Waals surface area contributed by atoms with Crippen molar-refractivity contribution < 1.29 is 176 Å². The van der Waals surface area contributed by atoms with Crippen LogP contribution in [0.5, 0.6) is 0 Å². The normalized spacial score (nSPS) is 10.4. The van der Waals surface area contributed by atoms with E-state index in [-0.39, 0.29) is 65.2 Å². The summed E-state index contributed by atoms with van der Waals surface area (Å²) >= 11 is 0. The first-order valence-electron chi connectivity index (χ1n) is 5.46. The van der Waals surface area contributed by atoms with Crippen LogP contribution < -0.4 is 57.5 Å². The molecule has 0 saturated carbocycles. The molecule has 0 saturated heterocycles. The van der Waals surface area contributed by atoms with Gasteiger partial charge in [0.2, 0.25) is 0 Å². The topological polar surface area (TPSA) is 450 Å². The molecular formula is O24P4Si4Ti3. The molecule has 35 heteroatoms. The van der Waals surface area contributed by atoms with Gasteiger partial charge in [0, 0.05) is 0 Å². The van der Waals surface area contributed by atoms with Crippen molar-refractivity contribution in [2.45, 2.75) is 0 Å².